The minimum Gasteiger partial charge on any atom is -0.493 e. The Bertz CT molecular complexity index is 658. The third-order valence-corrected chi connectivity index (χ3v) is 3.21. The molecule has 22 heavy (non-hydrogen) atoms. The van der Waals surface area contributed by atoms with Crippen molar-refractivity contribution >= 4 is 5.91 Å². The Labute approximate surface area is 128 Å². The van der Waals surface area contributed by atoms with Crippen LogP contribution in [0.25, 0.3) is 0 Å². The van der Waals surface area contributed by atoms with Crippen LogP contribution in [0.5, 0.6) is 11.5 Å². The number of para-hydroxylation sites is 1. The molecule has 0 spiro atoms. The largest absolute Gasteiger partial charge is 0.493 e. The van der Waals surface area contributed by atoms with E-state index in [9.17, 15) is 9.18 Å². The average molecular weight is 303 g/mol. The van der Waals surface area contributed by atoms with Crippen molar-refractivity contribution in [2.75, 3.05) is 14.2 Å². The predicted molar refractivity (Wildman–Crippen MR) is 81.5 cm³/mol. The van der Waals surface area contributed by atoms with E-state index in [1.807, 2.05) is 12.1 Å². The maximum Gasteiger partial charge on any atom is 0.224 e. The van der Waals surface area contributed by atoms with Crippen molar-refractivity contribution in [3.8, 4) is 11.5 Å². The molecule has 0 atom stereocenters. The van der Waals surface area contributed by atoms with E-state index in [1.54, 1.807) is 32.4 Å². The zero-order valence-corrected chi connectivity index (χ0v) is 12.6. The van der Waals surface area contributed by atoms with Crippen LogP contribution in [-0.2, 0) is 17.8 Å². The molecular weight excluding hydrogens is 285 g/mol. The number of hydrogen-bond donors (Lipinski definition) is 1. The highest BCUT2D eigenvalue weighted by Crippen LogP contribution is 2.30. The molecule has 0 aromatic heterocycles. The molecular formula is C17H18FNO3. The van der Waals surface area contributed by atoms with E-state index in [0.717, 1.165) is 5.56 Å². The van der Waals surface area contributed by atoms with Gasteiger partial charge >= 0.3 is 0 Å². The van der Waals surface area contributed by atoms with Crippen molar-refractivity contribution in [3.63, 3.8) is 0 Å². The molecule has 2 aromatic carbocycles. The van der Waals surface area contributed by atoms with Crippen molar-refractivity contribution in [2.24, 2.45) is 0 Å². The van der Waals surface area contributed by atoms with E-state index in [-0.39, 0.29) is 18.1 Å². The predicted octanol–water partition coefficient (Wildman–Crippen LogP) is 2.70. The van der Waals surface area contributed by atoms with Crippen molar-refractivity contribution in [2.45, 2.75) is 13.0 Å². The number of carbonyl (C=O) groups excluding carboxylic acids is 1. The second kappa shape index (κ2) is 7.45. The standard InChI is InChI=1S/C17H18FNO3/c1-21-15-8-4-6-13(17(15)22-2)11-19-16(20)10-12-5-3-7-14(18)9-12/h3-9H,10-11H2,1-2H3,(H,19,20). The molecule has 1 amide bonds. The van der Waals surface area contributed by atoms with Gasteiger partial charge in [-0.25, -0.2) is 4.39 Å². The summed E-state index contributed by atoms with van der Waals surface area (Å²) in [6.07, 6.45) is 0.129. The van der Waals surface area contributed by atoms with Gasteiger partial charge in [-0.15, -0.1) is 0 Å². The number of methoxy groups -OCH3 is 2. The maximum absolute atomic E-state index is 13.1. The Balaban J connectivity index is 1.99. The monoisotopic (exact) mass is 303 g/mol. The molecule has 0 radical (unpaired) electrons. The smallest absolute Gasteiger partial charge is 0.224 e. The quantitative estimate of drug-likeness (QED) is 0.892. The van der Waals surface area contributed by atoms with Gasteiger partial charge in [-0.3, -0.25) is 4.79 Å². The number of hydrogen-bond acceptors (Lipinski definition) is 3. The zero-order chi connectivity index (χ0) is 15.9. The molecule has 0 aliphatic carbocycles. The highest BCUT2D eigenvalue weighted by Gasteiger charge is 2.11. The fourth-order valence-electron chi connectivity index (χ4n) is 2.18. The summed E-state index contributed by atoms with van der Waals surface area (Å²) in [7, 11) is 3.11. The van der Waals surface area contributed by atoms with Crippen LogP contribution in [0, 0.1) is 5.82 Å². The van der Waals surface area contributed by atoms with Crippen LogP contribution >= 0.6 is 0 Å². The van der Waals surface area contributed by atoms with Crippen LogP contribution in [-0.4, -0.2) is 20.1 Å². The fourth-order valence-corrected chi connectivity index (χ4v) is 2.18. The summed E-state index contributed by atoms with van der Waals surface area (Å²) >= 11 is 0. The molecule has 0 bridgehead atoms. The zero-order valence-electron chi connectivity index (χ0n) is 12.6. The number of carbonyl (C=O) groups is 1. The van der Waals surface area contributed by atoms with Crippen LogP contribution in [0.4, 0.5) is 4.39 Å². The molecule has 116 valence electrons. The molecule has 2 aromatic rings. The Morgan fingerprint density at radius 3 is 2.59 bits per heavy atom. The van der Waals surface area contributed by atoms with Gasteiger partial charge in [0.05, 0.1) is 20.6 Å². The number of benzene rings is 2. The van der Waals surface area contributed by atoms with Gasteiger partial charge in [0.25, 0.3) is 0 Å². The third-order valence-electron chi connectivity index (χ3n) is 3.21. The number of halogens is 1. The Hall–Kier alpha value is -2.56. The van der Waals surface area contributed by atoms with E-state index >= 15 is 0 Å². The molecule has 0 unspecified atom stereocenters. The highest BCUT2D eigenvalue weighted by atomic mass is 19.1. The lowest BCUT2D eigenvalue weighted by Crippen LogP contribution is -2.24. The van der Waals surface area contributed by atoms with E-state index in [1.165, 1.54) is 12.1 Å². The fraction of sp³-hybridized carbons (Fsp3) is 0.235. The Kier molecular flexibility index (Phi) is 5.36. The number of ether oxygens (including phenoxy) is 2. The first-order valence-electron chi connectivity index (χ1n) is 6.85. The second-order valence-corrected chi connectivity index (χ2v) is 4.74. The Morgan fingerprint density at radius 1 is 1.14 bits per heavy atom. The summed E-state index contributed by atoms with van der Waals surface area (Å²) in [5.41, 5.74) is 1.45. The van der Waals surface area contributed by atoms with Gasteiger partial charge < -0.3 is 14.8 Å². The third kappa shape index (κ3) is 3.97. The van der Waals surface area contributed by atoms with Crippen molar-refractivity contribution < 1.29 is 18.7 Å². The summed E-state index contributed by atoms with van der Waals surface area (Å²) in [5, 5.41) is 2.80. The topological polar surface area (TPSA) is 47.6 Å². The average Bonchev–Trinajstić information content (AvgIpc) is 2.52. The molecule has 5 heteroatoms. The first-order valence-corrected chi connectivity index (χ1v) is 6.85. The normalized spacial score (nSPS) is 10.1. The van der Waals surface area contributed by atoms with Crippen LogP contribution in [0.1, 0.15) is 11.1 Å². The van der Waals surface area contributed by atoms with Crippen LogP contribution in [0.15, 0.2) is 42.5 Å². The van der Waals surface area contributed by atoms with Crippen LogP contribution in [0.3, 0.4) is 0 Å². The lowest BCUT2D eigenvalue weighted by atomic mass is 10.1. The molecule has 0 fully saturated rings. The van der Waals surface area contributed by atoms with Crippen molar-refractivity contribution in [3.05, 3.63) is 59.4 Å². The summed E-state index contributed by atoms with van der Waals surface area (Å²) < 4.78 is 23.6. The van der Waals surface area contributed by atoms with E-state index in [0.29, 0.717) is 23.6 Å². The lowest BCUT2D eigenvalue weighted by molar-refractivity contribution is -0.120. The Morgan fingerprint density at radius 2 is 1.91 bits per heavy atom. The summed E-state index contributed by atoms with van der Waals surface area (Å²) in [6.45, 7) is 0.314. The summed E-state index contributed by atoms with van der Waals surface area (Å²) in [4.78, 5) is 11.9. The van der Waals surface area contributed by atoms with E-state index in [2.05, 4.69) is 5.32 Å². The molecule has 0 saturated carbocycles. The number of nitrogens with one attached hydrogen (secondary N) is 1. The van der Waals surface area contributed by atoms with E-state index in [4.69, 9.17) is 9.47 Å². The van der Waals surface area contributed by atoms with Gasteiger partial charge in [-0.1, -0.05) is 24.3 Å². The van der Waals surface area contributed by atoms with E-state index < -0.39 is 0 Å². The summed E-state index contributed by atoms with van der Waals surface area (Å²) in [5.74, 6) is 0.672. The first kappa shape index (κ1) is 15.8. The molecule has 0 saturated heterocycles. The molecule has 1 N–H and O–H groups in total. The number of amides is 1. The van der Waals surface area contributed by atoms with Crippen LogP contribution < -0.4 is 14.8 Å². The number of rotatable bonds is 6. The maximum atomic E-state index is 13.1. The van der Waals surface area contributed by atoms with Gasteiger partial charge in [0.1, 0.15) is 5.82 Å². The first-order chi connectivity index (χ1) is 10.6. The van der Waals surface area contributed by atoms with Crippen LogP contribution in [0.2, 0.25) is 0 Å². The van der Waals surface area contributed by atoms with Gasteiger partial charge in [-0.2, -0.15) is 0 Å². The highest BCUT2D eigenvalue weighted by molar-refractivity contribution is 5.78. The van der Waals surface area contributed by atoms with Gasteiger partial charge in [0, 0.05) is 12.1 Å². The minimum absolute atomic E-state index is 0.129. The van der Waals surface area contributed by atoms with Crippen molar-refractivity contribution in [1.82, 2.24) is 5.32 Å². The summed E-state index contributed by atoms with van der Waals surface area (Å²) in [6, 6.07) is 11.5. The van der Waals surface area contributed by atoms with Gasteiger partial charge in [-0.05, 0) is 23.8 Å². The molecule has 2 rings (SSSR count). The SMILES string of the molecule is COc1cccc(CNC(=O)Cc2cccc(F)c2)c1OC. The molecule has 4 nitrogen and oxygen atoms in total. The van der Waals surface area contributed by atoms with Crippen molar-refractivity contribution in [1.29, 1.82) is 0 Å². The molecule has 0 heterocycles. The molecule has 0 aliphatic rings. The minimum atomic E-state index is -0.347. The molecule has 0 aliphatic heterocycles. The lowest BCUT2D eigenvalue weighted by Gasteiger charge is -2.13. The van der Waals surface area contributed by atoms with Gasteiger partial charge in [0.2, 0.25) is 5.91 Å². The van der Waals surface area contributed by atoms with Gasteiger partial charge in [0.15, 0.2) is 11.5 Å². The second-order valence-electron chi connectivity index (χ2n) is 4.74.